The molecular formula is C19H17BrN2O4. The van der Waals surface area contributed by atoms with Crippen LogP contribution in [0.4, 0.5) is 0 Å². The molecule has 26 heavy (non-hydrogen) atoms. The van der Waals surface area contributed by atoms with Crippen LogP contribution >= 0.6 is 15.9 Å². The number of hydrogen-bond acceptors (Lipinski definition) is 5. The number of halogens is 1. The number of hydrogen-bond donors (Lipinski definition) is 0. The van der Waals surface area contributed by atoms with Crippen molar-refractivity contribution < 1.29 is 19.1 Å². The molecule has 0 N–H and O–H groups in total. The molecule has 1 aliphatic heterocycles. The number of pyridine rings is 1. The maximum Gasteiger partial charge on any atom is 0.319 e. The summed E-state index contributed by atoms with van der Waals surface area (Å²) >= 11 is 3.27. The summed E-state index contributed by atoms with van der Waals surface area (Å²) in [6.45, 7) is 1.98. The Balaban J connectivity index is 1.94. The van der Waals surface area contributed by atoms with Crippen LogP contribution < -0.4 is 0 Å². The number of benzene rings is 1. The standard InChI is InChI=1S/C19H17BrN2O4/c1-2-26-19(25)16-15(12-6-4-3-5-7-12)11-22(18(16)24)17(23)13-8-14(20)10-21-9-13/h3-10,15-16H,2,11H2,1H3/t15-,16-/m0/s1. The minimum Gasteiger partial charge on any atom is -0.465 e. The molecule has 0 bridgehead atoms. The van der Waals surface area contributed by atoms with Crippen LogP contribution in [-0.4, -0.2) is 40.8 Å². The molecule has 0 radical (unpaired) electrons. The SMILES string of the molecule is CCOC(=O)[C@@H]1C(=O)N(C(=O)c2cncc(Br)c2)C[C@H]1c1ccccc1. The van der Waals surface area contributed by atoms with E-state index in [2.05, 4.69) is 20.9 Å². The first kappa shape index (κ1) is 18.3. The van der Waals surface area contributed by atoms with Gasteiger partial charge >= 0.3 is 5.97 Å². The third kappa shape index (κ3) is 3.53. The van der Waals surface area contributed by atoms with Crippen molar-refractivity contribution in [2.75, 3.05) is 13.2 Å². The van der Waals surface area contributed by atoms with Crippen molar-refractivity contribution in [2.45, 2.75) is 12.8 Å². The number of likely N-dealkylation sites (tertiary alicyclic amines) is 1. The van der Waals surface area contributed by atoms with E-state index in [1.807, 2.05) is 30.3 Å². The molecule has 1 aromatic carbocycles. The maximum atomic E-state index is 12.9. The fourth-order valence-electron chi connectivity index (χ4n) is 3.09. The summed E-state index contributed by atoms with van der Waals surface area (Å²) in [4.78, 5) is 43.2. The van der Waals surface area contributed by atoms with Crippen molar-refractivity contribution in [2.24, 2.45) is 5.92 Å². The lowest BCUT2D eigenvalue weighted by molar-refractivity contribution is -0.152. The highest BCUT2D eigenvalue weighted by Crippen LogP contribution is 2.35. The lowest BCUT2D eigenvalue weighted by Gasteiger charge is -2.15. The predicted octanol–water partition coefficient (Wildman–Crippen LogP) is 2.79. The van der Waals surface area contributed by atoms with Gasteiger partial charge in [0.1, 0.15) is 5.92 Å². The number of esters is 1. The number of amides is 2. The molecule has 3 rings (SSSR count). The Morgan fingerprint density at radius 1 is 1.27 bits per heavy atom. The molecule has 0 spiro atoms. The van der Waals surface area contributed by atoms with Gasteiger partial charge in [0.15, 0.2) is 0 Å². The van der Waals surface area contributed by atoms with E-state index in [0.29, 0.717) is 4.47 Å². The number of ether oxygens (including phenoxy) is 1. The van der Waals surface area contributed by atoms with E-state index >= 15 is 0 Å². The second kappa shape index (κ2) is 7.78. The largest absolute Gasteiger partial charge is 0.465 e. The van der Waals surface area contributed by atoms with Gasteiger partial charge in [0.05, 0.1) is 12.2 Å². The van der Waals surface area contributed by atoms with Crippen LogP contribution in [0.1, 0.15) is 28.8 Å². The highest BCUT2D eigenvalue weighted by atomic mass is 79.9. The molecule has 2 amide bonds. The van der Waals surface area contributed by atoms with Crippen LogP contribution in [0, 0.1) is 5.92 Å². The molecule has 0 unspecified atom stereocenters. The average Bonchev–Trinajstić information content (AvgIpc) is 2.99. The third-order valence-corrected chi connectivity index (χ3v) is 4.71. The minimum atomic E-state index is -1.03. The lowest BCUT2D eigenvalue weighted by Crippen LogP contribution is -2.36. The Labute approximate surface area is 159 Å². The van der Waals surface area contributed by atoms with Crippen molar-refractivity contribution in [1.82, 2.24) is 9.88 Å². The topological polar surface area (TPSA) is 76.6 Å². The Hall–Kier alpha value is -2.54. The van der Waals surface area contributed by atoms with Crippen LogP contribution in [-0.2, 0) is 14.3 Å². The first-order valence-corrected chi connectivity index (χ1v) is 9.00. The summed E-state index contributed by atoms with van der Waals surface area (Å²) in [5, 5.41) is 0. The lowest BCUT2D eigenvalue weighted by atomic mass is 9.89. The molecular weight excluding hydrogens is 400 g/mol. The zero-order valence-corrected chi connectivity index (χ0v) is 15.7. The van der Waals surface area contributed by atoms with Gasteiger partial charge in [-0.05, 0) is 34.5 Å². The van der Waals surface area contributed by atoms with E-state index in [4.69, 9.17) is 4.74 Å². The van der Waals surface area contributed by atoms with Gasteiger partial charge in [0.2, 0.25) is 5.91 Å². The minimum absolute atomic E-state index is 0.123. The fourth-order valence-corrected chi connectivity index (χ4v) is 3.46. The van der Waals surface area contributed by atoms with Gasteiger partial charge in [-0.15, -0.1) is 0 Å². The molecule has 1 fully saturated rings. The van der Waals surface area contributed by atoms with Crippen LogP contribution in [0.2, 0.25) is 0 Å². The maximum absolute atomic E-state index is 12.9. The molecule has 6 nitrogen and oxygen atoms in total. The molecule has 7 heteroatoms. The Morgan fingerprint density at radius 2 is 2.00 bits per heavy atom. The van der Waals surface area contributed by atoms with Crippen molar-refractivity contribution in [3.63, 3.8) is 0 Å². The van der Waals surface area contributed by atoms with Gasteiger partial charge < -0.3 is 4.74 Å². The Morgan fingerprint density at radius 3 is 2.65 bits per heavy atom. The molecule has 2 atom stereocenters. The van der Waals surface area contributed by atoms with Crippen molar-refractivity contribution in [3.05, 3.63) is 64.4 Å². The smallest absolute Gasteiger partial charge is 0.319 e. The van der Waals surface area contributed by atoms with Crippen molar-refractivity contribution >= 4 is 33.7 Å². The predicted molar refractivity (Wildman–Crippen MR) is 97.3 cm³/mol. The van der Waals surface area contributed by atoms with Gasteiger partial charge in [0, 0.05) is 29.3 Å². The normalized spacial score (nSPS) is 19.5. The second-order valence-corrected chi connectivity index (χ2v) is 6.81. The number of carbonyl (C=O) groups excluding carboxylic acids is 3. The molecule has 1 aromatic heterocycles. The summed E-state index contributed by atoms with van der Waals surface area (Å²) in [6.07, 6.45) is 2.95. The average molecular weight is 417 g/mol. The molecule has 1 aliphatic rings. The number of rotatable bonds is 4. The van der Waals surface area contributed by atoms with Crippen molar-refractivity contribution in [1.29, 1.82) is 0 Å². The van der Waals surface area contributed by atoms with Crippen molar-refractivity contribution in [3.8, 4) is 0 Å². The Bertz CT molecular complexity index is 840. The molecule has 1 saturated heterocycles. The van der Waals surface area contributed by atoms with E-state index in [-0.39, 0.29) is 18.7 Å². The van der Waals surface area contributed by atoms with Gasteiger partial charge in [-0.25, -0.2) is 0 Å². The number of nitrogens with zero attached hydrogens (tertiary/aromatic N) is 2. The third-order valence-electron chi connectivity index (χ3n) is 4.28. The highest BCUT2D eigenvalue weighted by molar-refractivity contribution is 9.10. The number of carbonyl (C=O) groups is 3. The molecule has 0 aliphatic carbocycles. The van der Waals surface area contributed by atoms with Crippen LogP contribution in [0.5, 0.6) is 0 Å². The fraction of sp³-hybridized carbons (Fsp3) is 0.263. The zero-order valence-electron chi connectivity index (χ0n) is 14.1. The number of imide groups is 1. The first-order chi connectivity index (χ1) is 12.5. The van der Waals surface area contributed by atoms with Gasteiger partial charge in [0.25, 0.3) is 5.91 Å². The van der Waals surface area contributed by atoms with E-state index in [1.165, 1.54) is 6.20 Å². The van der Waals surface area contributed by atoms with Gasteiger partial charge in [-0.3, -0.25) is 24.3 Å². The van der Waals surface area contributed by atoms with Crippen LogP contribution in [0.15, 0.2) is 53.3 Å². The molecule has 0 saturated carbocycles. The van der Waals surface area contributed by atoms with Gasteiger partial charge in [-0.2, -0.15) is 0 Å². The van der Waals surface area contributed by atoms with Crippen LogP contribution in [0.25, 0.3) is 0 Å². The molecule has 134 valence electrons. The molecule has 2 heterocycles. The second-order valence-electron chi connectivity index (χ2n) is 5.89. The van der Waals surface area contributed by atoms with Gasteiger partial charge in [-0.1, -0.05) is 30.3 Å². The summed E-state index contributed by atoms with van der Waals surface area (Å²) in [5.74, 6) is -3.08. The number of aromatic nitrogens is 1. The summed E-state index contributed by atoms with van der Waals surface area (Å²) in [7, 11) is 0. The quantitative estimate of drug-likeness (QED) is 0.435. The summed E-state index contributed by atoms with van der Waals surface area (Å²) in [5.41, 5.74) is 1.10. The summed E-state index contributed by atoms with van der Waals surface area (Å²) < 4.78 is 5.72. The van der Waals surface area contributed by atoms with E-state index in [0.717, 1.165) is 10.5 Å². The molecule has 2 aromatic rings. The highest BCUT2D eigenvalue weighted by Gasteiger charge is 2.48. The van der Waals surface area contributed by atoms with E-state index < -0.39 is 29.6 Å². The van der Waals surface area contributed by atoms with Crippen LogP contribution in [0.3, 0.4) is 0 Å². The zero-order chi connectivity index (χ0) is 18.7. The monoisotopic (exact) mass is 416 g/mol. The Kier molecular flexibility index (Phi) is 5.46. The summed E-state index contributed by atoms with van der Waals surface area (Å²) in [6, 6.07) is 10.8. The van der Waals surface area contributed by atoms with E-state index in [9.17, 15) is 14.4 Å². The van der Waals surface area contributed by atoms with E-state index in [1.54, 1.807) is 19.2 Å². The first-order valence-electron chi connectivity index (χ1n) is 8.20.